The van der Waals surface area contributed by atoms with Crippen LogP contribution >= 0.6 is 0 Å². The zero-order valence-electron chi connectivity index (χ0n) is 13.0. The van der Waals surface area contributed by atoms with Gasteiger partial charge >= 0.3 is 5.51 Å². The lowest BCUT2D eigenvalue weighted by Gasteiger charge is -2.14. The van der Waals surface area contributed by atoms with Crippen LogP contribution in [0.3, 0.4) is 0 Å². The number of hydrogen-bond acceptors (Lipinski definition) is 5. The zero-order chi connectivity index (χ0) is 18.7. The Morgan fingerprint density at radius 1 is 1.20 bits per heavy atom. The van der Waals surface area contributed by atoms with Crippen LogP contribution < -0.4 is 10.1 Å². The molecule has 1 aromatic heterocycles. The average Bonchev–Trinajstić information content (AvgIpc) is 2.53. The van der Waals surface area contributed by atoms with Crippen LogP contribution in [0.2, 0.25) is 0 Å². The van der Waals surface area contributed by atoms with Gasteiger partial charge in [-0.2, -0.15) is 13.2 Å². The van der Waals surface area contributed by atoms with Crippen molar-refractivity contribution in [1.29, 1.82) is 0 Å². The fraction of sp³-hybridized carbons (Fsp3) is 0.267. The molecule has 1 N–H and O–H groups in total. The highest BCUT2D eigenvalue weighted by Gasteiger charge is 2.48. The Kier molecular flexibility index (Phi) is 5.51. The van der Waals surface area contributed by atoms with Crippen molar-refractivity contribution in [2.45, 2.75) is 23.9 Å². The molecule has 136 valence electrons. The molecular formula is C15H14F4N2O3S. The van der Waals surface area contributed by atoms with Crippen molar-refractivity contribution in [2.75, 3.05) is 11.9 Å². The van der Waals surface area contributed by atoms with Gasteiger partial charge in [0.25, 0.3) is 9.84 Å². The summed E-state index contributed by atoms with van der Waals surface area (Å²) < 4.78 is 80.0. The van der Waals surface area contributed by atoms with Gasteiger partial charge in [-0.25, -0.2) is 17.8 Å². The SMILES string of the molecule is CCOc1cc(CNc2ccc(F)cc2S(=O)(=O)C(F)(F)F)ccn1. The maximum absolute atomic E-state index is 13.3. The van der Waals surface area contributed by atoms with Crippen molar-refractivity contribution in [2.24, 2.45) is 0 Å². The Hall–Kier alpha value is -2.36. The van der Waals surface area contributed by atoms with Crippen LogP contribution in [-0.4, -0.2) is 25.5 Å². The van der Waals surface area contributed by atoms with E-state index in [0.717, 1.165) is 12.1 Å². The first-order valence-electron chi connectivity index (χ1n) is 7.07. The maximum atomic E-state index is 13.3. The second-order valence-electron chi connectivity index (χ2n) is 4.88. The van der Waals surface area contributed by atoms with Crippen molar-refractivity contribution >= 4 is 15.5 Å². The van der Waals surface area contributed by atoms with Crippen molar-refractivity contribution in [1.82, 2.24) is 4.98 Å². The molecule has 0 aliphatic rings. The highest BCUT2D eigenvalue weighted by Crippen LogP contribution is 2.35. The van der Waals surface area contributed by atoms with Gasteiger partial charge in [0.05, 0.1) is 12.3 Å². The standard InChI is InChI=1S/C15H14F4N2O3S/c1-2-24-14-7-10(5-6-20-14)9-21-12-4-3-11(16)8-13(12)25(22,23)15(17,18)19/h3-8,21H,2,9H2,1H3. The normalized spacial score (nSPS) is 12.0. The predicted molar refractivity (Wildman–Crippen MR) is 82.4 cm³/mol. The molecule has 5 nitrogen and oxygen atoms in total. The molecule has 0 atom stereocenters. The molecule has 0 amide bonds. The molecule has 1 aromatic carbocycles. The Morgan fingerprint density at radius 3 is 2.56 bits per heavy atom. The summed E-state index contributed by atoms with van der Waals surface area (Å²) in [6.45, 7) is 2.14. The minimum atomic E-state index is -5.69. The van der Waals surface area contributed by atoms with Gasteiger partial charge in [-0.1, -0.05) is 0 Å². The van der Waals surface area contributed by atoms with Crippen LogP contribution in [0.4, 0.5) is 23.2 Å². The maximum Gasteiger partial charge on any atom is 0.501 e. The number of ether oxygens (including phenoxy) is 1. The molecule has 0 aliphatic carbocycles. The molecule has 0 spiro atoms. The number of sulfone groups is 1. The molecule has 0 bridgehead atoms. The number of anilines is 1. The third-order valence-corrected chi connectivity index (χ3v) is 4.64. The van der Waals surface area contributed by atoms with Crippen LogP contribution in [0.15, 0.2) is 41.4 Å². The monoisotopic (exact) mass is 378 g/mol. The van der Waals surface area contributed by atoms with Crippen LogP contribution in [0.25, 0.3) is 0 Å². The van der Waals surface area contributed by atoms with Gasteiger partial charge in [0.1, 0.15) is 10.7 Å². The molecule has 25 heavy (non-hydrogen) atoms. The summed E-state index contributed by atoms with van der Waals surface area (Å²) in [6.07, 6.45) is 1.44. The van der Waals surface area contributed by atoms with Gasteiger partial charge in [0, 0.05) is 18.8 Å². The second kappa shape index (κ2) is 7.26. The van der Waals surface area contributed by atoms with E-state index in [1.165, 1.54) is 6.20 Å². The smallest absolute Gasteiger partial charge is 0.478 e. The van der Waals surface area contributed by atoms with E-state index in [1.54, 1.807) is 19.1 Å². The van der Waals surface area contributed by atoms with Crippen LogP contribution in [0.5, 0.6) is 5.88 Å². The number of nitrogens with one attached hydrogen (secondary N) is 1. The van der Waals surface area contributed by atoms with E-state index in [2.05, 4.69) is 10.3 Å². The highest BCUT2D eigenvalue weighted by atomic mass is 32.2. The molecule has 0 radical (unpaired) electrons. The minimum absolute atomic E-state index is 0.00535. The number of alkyl halides is 3. The summed E-state index contributed by atoms with van der Waals surface area (Å²) in [6, 6.07) is 5.28. The summed E-state index contributed by atoms with van der Waals surface area (Å²) in [7, 11) is -5.69. The average molecular weight is 378 g/mol. The predicted octanol–water partition coefficient (Wildman–Crippen LogP) is 3.53. The van der Waals surface area contributed by atoms with Crippen molar-refractivity contribution in [3.05, 3.63) is 47.9 Å². The summed E-state index contributed by atoms with van der Waals surface area (Å²) in [4.78, 5) is 2.77. The third kappa shape index (κ3) is 4.38. The molecule has 0 aliphatic heterocycles. The third-order valence-electron chi connectivity index (χ3n) is 3.11. The quantitative estimate of drug-likeness (QED) is 0.779. The molecule has 0 saturated heterocycles. The molecular weight excluding hydrogens is 364 g/mol. The van der Waals surface area contributed by atoms with E-state index >= 15 is 0 Å². The van der Waals surface area contributed by atoms with E-state index in [0.29, 0.717) is 24.1 Å². The van der Waals surface area contributed by atoms with E-state index in [9.17, 15) is 26.0 Å². The lowest BCUT2D eigenvalue weighted by atomic mass is 10.2. The lowest BCUT2D eigenvalue weighted by molar-refractivity contribution is -0.0435. The molecule has 0 unspecified atom stereocenters. The first-order chi connectivity index (χ1) is 11.6. The Balaban J connectivity index is 2.31. The van der Waals surface area contributed by atoms with E-state index < -0.39 is 26.1 Å². The van der Waals surface area contributed by atoms with Crippen molar-refractivity contribution in [3.63, 3.8) is 0 Å². The number of rotatable bonds is 6. The lowest BCUT2D eigenvalue weighted by Crippen LogP contribution is -2.24. The largest absolute Gasteiger partial charge is 0.501 e. The van der Waals surface area contributed by atoms with Gasteiger partial charge in [0.2, 0.25) is 5.88 Å². The molecule has 2 rings (SSSR count). The van der Waals surface area contributed by atoms with Crippen LogP contribution in [0.1, 0.15) is 12.5 Å². The van der Waals surface area contributed by atoms with Gasteiger partial charge in [-0.15, -0.1) is 0 Å². The number of benzene rings is 1. The minimum Gasteiger partial charge on any atom is -0.478 e. The molecule has 0 fully saturated rings. The Bertz CT molecular complexity index is 854. The fourth-order valence-electron chi connectivity index (χ4n) is 1.97. The van der Waals surface area contributed by atoms with Crippen molar-refractivity contribution < 1.29 is 30.7 Å². The number of pyridine rings is 1. The molecule has 10 heteroatoms. The second-order valence-corrected chi connectivity index (χ2v) is 6.79. The van der Waals surface area contributed by atoms with E-state index in [-0.39, 0.29) is 12.2 Å². The summed E-state index contributed by atoms with van der Waals surface area (Å²) >= 11 is 0. The van der Waals surface area contributed by atoms with Crippen molar-refractivity contribution in [3.8, 4) is 5.88 Å². The Morgan fingerprint density at radius 2 is 1.92 bits per heavy atom. The topological polar surface area (TPSA) is 68.3 Å². The molecule has 0 saturated carbocycles. The zero-order valence-corrected chi connectivity index (χ0v) is 13.8. The molecule has 2 aromatic rings. The summed E-state index contributed by atoms with van der Waals surface area (Å²) in [5.74, 6) is -0.764. The van der Waals surface area contributed by atoms with E-state index in [4.69, 9.17) is 4.74 Å². The van der Waals surface area contributed by atoms with Gasteiger partial charge in [-0.3, -0.25) is 0 Å². The summed E-state index contributed by atoms with van der Waals surface area (Å²) in [5.41, 5.74) is -5.29. The fourth-order valence-corrected chi connectivity index (χ4v) is 2.92. The van der Waals surface area contributed by atoms with Gasteiger partial charge in [0.15, 0.2) is 0 Å². The highest BCUT2D eigenvalue weighted by molar-refractivity contribution is 7.92. The number of halogens is 4. The Labute approximate surface area is 141 Å². The summed E-state index contributed by atoms with van der Waals surface area (Å²) in [5, 5.41) is 2.58. The van der Waals surface area contributed by atoms with E-state index in [1.807, 2.05) is 0 Å². The van der Waals surface area contributed by atoms with Gasteiger partial charge in [-0.05, 0) is 36.8 Å². The number of aromatic nitrogens is 1. The van der Waals surface area contributed by atoms with Gasteiger partial charge < -0.3 is 10.1 Å². The van der Waals surface area contributed by atoms with Crippen LogP contribution in [-0.2, 0) is 16.4 Å². The first-order valence-corrected chi connectivity index (χ1v) is 8.56. The number of nitrogens with zero attached hydrogens (tertiary/aromatic N) is 1. The van der Waals surface area contributed by atoms with Crippen LogP contribution in [0, 0.1) is 5.82 Å². The molecule has 1 heterocycles. The number of hydrogen-bond donors (Lipinski definition) is 1. The first kappa shape index (κ1) is 19.0.